The number of aliphatic carboxylic acids is 1. The van der Waals surface area contributed by atoms with Crippen molar-refractivity contribution in [3.8, 4) is 0 Å². The predicted octanol–water partition coefficient (Wildman–Crippen LogP) is 4.95. The summed E-state index contributed by atoms with van der Waals surface area (Å²) in [5.41, 5.74) is 2.02. The van der Waals surface area contributed by atoms with Crippen LogP contribution in [0.3, 0.4) is 0 Å². The van der Waals surface area contributed by atoms with Crippen molar-refractivity contribution in [3.63, 3.8) is 0 Å². The van der Waals surface area contributed by atoms with Crippen molar-refractivity contribution in [2.45, 2.75) is 30.2 Å². The Morgan fingerprint density at radius 2 is 1.68 bits per heavy atom. The van der Waals surface area contributed by atoms with E-state index < -0.39 is 27.9 Å². The van der Waals surface area contributed by atoms with Gasteiger partial charge >= 0.3 is 5.97 Å². The number of carboxylic acids is 1. The molecule has 31 heavy (non-hydrogen) atoms. The van der Waals surface area contributed by atoms with E-state index in [1.807, 2.05) is 12.1 Å². The first-order valence-corrected chi connectivity index (χ1v) is 11.4. The molecule has 1 unspecified atom stereocenters. The van der Waals surface area contributed by atoms with Crippen LogP contribution >= 0.6 is 11.6 Å². The van der Waals surface area contributed by atoms with Crippen LogP contribution in [0.2, 0.25) is 5.02 Å². The molecule has 3 rings (SSSR count). The first-order valence-electron chi connectivity index (χ1n) is 9.58. The molecule has 0 spiro atoms. The third kappa shape index (κ3) is 6.37. The molecule has 0 aliphatic carbocycles. The highest BCUT2D eigenvalue weighted by Crippen LogP contribution is 2.26. The molecule has 0 saturated heterocycles. The zero-order valence-corrected chi connectivity index (χ0v) is 18.0. The Bertz CT molecular complexity index is 1150. The van der Waals surface area contributed by atoms with E-state index >= 15 is 0 Å². The van der Waals surface area contributed by atoms with Crippen LogP contribution in [0, 0.1) is 5.82 Å². The average molecular weight is 462 g/mol. The number of carboxylic acid groups (broad SMARTS) is 1. The lowest BCUT2D eigenvalue weighted by atomic mass is 9.97. The van der Waals surface area contributed by atoms with Gasteiger partial charge < -0.3 is 5.11 Å². The molecule has 0 saturated carbocycles. The van der Waals surface area contributed by atoms with Gasteiger partial charge in [0.25, 0.3) is 0 Å². The van der Waals surface area contributed by atoms with Gasteiger partial charge in [0.05, 0.1) is 10.9 Å². The Kier molecular flexibility index (Phi) is 7.43. The topological polar surface area (TPSA) is 83.5 Å². The SMILES string of the molecule is O=C(O)CCCc1ccc(C(NS(=O)(=O)c2ccc(Cl)cc2)c2cccc(F)c2)cc1. The minimum atomic E-state index is -3.92. The first-order chi connectivity index (χ1) is 14.7. The minimum absolute atomic E-state index is 0.0450. The maximum Gasteiger partial charge on any atom is 0.303 e. The van der Waals surface area contributed by atoms with Crippen molar-refractivity contribution in [2.24, 2.45) is 0 Å². The normalized spacial score (nSPS) is 12.5. The zero-order valence-electron chi connectivity index (χ0n) is 16.5. The molecule has 0 aromatic heterocycles. The molecular formula is C23H21ClFNO4S. The standard InChI is InChI=1S/C23H21ClFNO4S/c24-19-11-13-21(14-12-19)31(29,30)26-23(18-4-2-5-20(25)15-18)17-9-7-16(8-10-17)3-1-6-22(27)28/h2,4-5,7-15,23,26H,1,3,6H2,(H,27,28). The van der Waals surface area contributed by atoms with Gasteiger partial charge in [-0.05, 0) is 65.9 Å². The minimum Gasteiger partial charge on any atom is -0.481 e. The smallest absolute Gasteiger partial charge is 0.303 e. The quantitative estimate of drug-likeness (QED) is 0.472. The highest BCUT2D eigenvalue weighted by Gasteiger charge is 2.23. The molecule has 1 atom stereocenters. The summed E-state index contributed by atoms with van der Waals surface area (Å²) in [5.74, 6) is -1.32. The third-order valence-corrected chi connectivity index (χ3v) is 6.44. The second-order valence-corrected chi connectivity index (χ2v) is 9.20. The molecule has 3 aromatic rings. The Labute approximate surface area is 185 Å². The summed E-state index contributed by atoms with van der Waals surface area (Å²) in [5, 5.41) is 9.19. The summed E-state index contributed by atoms with van der Waals surface area (Å²) in [6.45, 7) is 0. The van der Waals surface area contributed by atoms with Crippen LogP contribution in [0.1, 0.15) is 35.6 Å². The largest absolute Gasteiger partial charge is 0.481 e. The number of benzene rings is 3. The highest BCUT2D eigenvalue weighted by molar-refractivity contribution is 7.89. The molecule has 0 bridgehead atoms. The van der Waals surface area contributed by atoms with Crippen molar-refractivity contribution < 1.29 is 22.7 Å². The van der Waals surface area contributed by atoms with Gasteiger partial charge in [-0.1, -0.05) is 48.0 Å². The Morgan fingerprint density at radius 1 is 1.00 bits per heavy atom. The molecule has 3 aromatic carbocycles. The van der Waals surface area contributed by atoms with Gasteiger partial charge in [0.15, 0.2) is 0 Å². The molecule has 2 N–H and O–H groups in total. The lowest BCUT2D eigenvalue weighted by Crippen LogP contribution is -2.29. The van der Waals surface area contributed by atoms with Gasteiger partial charge in [-0.3, -0.25) is 4.79 Å². The molecule has 0 aliphatic rings. The molecule has 162 valence electrons. The van der Waals surface area contributed by atoms with Crippen LogP contribution in [0.25, 0.3) is 0 Å². The van der Waals surface area contributed by atoms with Crippen molar-refractivity contribution in [3.05, 3.63) is 100 Å². The second kappa shape index (κ2) is 10.0. The fraction of sp³-hybridized carbons (Fsp3) is 0.174. The lowest BCUT2D eigenvalue weighted by Gasteiger charge is -2.20. The van der Waals surface area contributed by atoms with Gasteiger partial charge in [0, 0.05) is 11.4 Å². The summed E-state index contributed by atoms with van der Waals surface area (Å²) < 4.78 is 42.4. The molecule has 0 heterocycles. The molecule has 0 amide bonds. The molecule has 0 fully saturated rings. The van der Waals surface area contributed by atoms with Gasteiger partial charge in [0.1, 0.15) is 5.82 Å². The van der Waals surface area contributed by atoms with E-state index in [2.05, 4.69) is 4.72 Å². The fourth-order valence-electron chi connectivity index (χ4n) is 3.17. The molecule has 5 nitrogen and oxygen atoms in total. The highest BCUT2D eigenvalue weighted by atomic mass is 35.5. The fourth-order valence-corrected chi connectivity index (χ4v) is 4.51. The Morgan fingerprint density at radius 3 is 2.29 bits per heavy atom. The number of nitrogens with one attached hydrogen (secondary N) is 1. The molecule has 8 heteroatoms. The summed E-state index contributed by atoms with van der Waals surface area (Å²) in [6, 6.07) is 17.9. The Hall–Kier alpha value is -2.74. The van der Waals surface area contributed by atoms with E-state index in [-0.39, 0.29) is 11.3 Å². The number of sulfonamides is 1. The van der Waals surface area contributed by atoms with Gasteiger partial charge in [0.2, 0.25) is 10.0 Å². The lowest BCUT2D eigenvalue weighted by molar-refractivity contribution is -0.137. The van der Waals surface area contributed by atoms with Gasteiger partial charge in [-0.2, -0.15) is 4.72 Å². The van der Waals surface area contributed by atoms with Crippen molar-refractivity contribution in [1.82, 2.24) is 4.72 Å². The number of aryl methyl sites for hydroxylation is 1. The van der Waals surface area contributed by atoms with Crippen molar-refractivity contribution >= 4 is 27.6 Å². The summed E-state index contributed by atoms with van der Waals surface area (Å²) in [4.78, 5) is 10.7. The van der Waals surface area contributed by atoms with E-state index in [1.54, 1.807) is 18.2 Å². The number of hydrogen-bond acceptors (Lipinski definition) is 3. The average Bonchev–Trinajstić information content (AvgIpc) is 2.73. The van der Waals surface area contributed by atoms with Crippen LogP contribution in [-0.4, -0.2) is 19.5 Å². The summed E-state index contributed by atoms with van der Waals surface area (Å²) >= 11 is 5.86. The van der Waals surface area contributed by atoms with Crippen molar-refractivity contribution in [1.29, 1.82) is 0 Å². The van der Waals surface area contributed by atoms with Crippen LogP contribution in [0.4, 0.5) is 4.39 Å². The summed E-state index contributed by atoms with van der Waals surface area (Å²) in [7, 11) is -3.92. The predicted molar refractivity (Wildman–Crippen MR) is 117 cm³/mol. The molecule has 0 aliphatic heterocycles. The molecule has 0 radical (unpaired) electrons. The van der Waals surface area contributed by atoms with Crippen LogP contribution in [0.15, 0.2) is 77.7 Å². The Balaban J connectivity index is 1.90. The number of halogens is 2. The maximum atomic E-state index is 13.9. The van der Waals surface area contributed by atoms with E-state index in [4.69, 9.17) is 16.7 Å². The number of hydrogen-bond donors (Lipinski definition) is 2. The van der Waals surface area contributed by atoms with Crippen molar-refractivity contribution in [2.75, 3.05) is 0 Å². The van der Waals surface area contributed by atoms with E-state index in [9.17, 15) is 17.6 Å². The zero-order chi connectivity index (χ0) is 22.4. The van der Waals surface area contributed by atoms with Gasteiger partial charge in [-0.15, -0.1) is 0 Å². The first kappa shape index (κ1) is 22.9. The molecular weight excluding hydrogens is 441 g/mol. The number of carbonyl (C=O) groups is 1. The number of rotatable bonds is 9. The second-order valence-electron chi connectivity index (χ2n) is 7.05. The third-order valence-electron chi connectivity index (χ3n) is 4.75. The van der Waals surface area contributed by atoms with E-state index in [0.717, 1.165) is 5.56 Å². The monoisotopic (exact) mass is 461 g/mol. The van der Waals surface area contributed by atoms with Crippen LogP contribution in [-0.2, 0) is 21.2 Å². The van der Waals surface area contributed by atoms with Crippen LogP contribution in [0.5, 0.6) is 0 Å². The van der Waals surface area contributed by atoms with Crippen LogP contribution < -0.4 is 4.72 Å². The summed E-state index contributed by atoms with van der Waals surface area (Å²) in [6.07, 6.45) is 1.17. The van der Waals surface area contributed by atoms with Gasteiger partial charge in [-0.25, -0.2) is 12.8 Å². The van der Waals surface area contributed by atoms with E-state index in [0.29, 0.717) is 29.0 Å². The maximum absolute atomic E-state index is 13.9. The van der Waals surface area contributed by atoms with E-state index in [1.165, 1.54) is 42.5 Å².